The molecule has 3 aromatic rings. The maximum absolute atomic E-state index is 13.9. The van der Waals surface area contributed by atoms with Gasteiger partial charge in [0.1, 0.15) is 18.4 Å². The maximum Gasteiger partial charge on any atom is 0.264 e. The first-order chi connectivity index (χ1) is 18.3. The molecule has 11 heteroatoms. The third-order valence-electron chi connectivity index (χ3n) is 5.96. The van der Waals surface area contributed by atoms with Crippen molar-refractivity contribution in [3.05, 3.63) is 93.7 Å². The maximum atomic E-state index is 13.9. The van der Waals surface area contributed by atoms with Gasteiger partial charge in [-0.3, -0.25) is 13.9 Å². The number of hydrogen-bond donors (Lipinski definition) is 1. The van der Waals surface area contributed by atoms with Crippen LogP contribution in [0.5, 0.6) is 0 Å². The van der Waals surface area contributed by atoms with E-state index < -0.39 is 40.2 Å². The number of nitrogens with zero attached hydrogens (tertiary/aromatic N) is 2. The number of halogens is 3. The Morgan fingerprint density at radius 1 is 0.949 bits per heavy atom. The third-order valence-corrected chi connectivity index (χ3v) is 8.33. The van der Waals surface area contributed by atoms with Crippen molar-refractivity contribution in [3.8, 4) is 0 Å². The molecule has 1 N–H and O–H groups in total. The molecule has 0 bridgehead atoms. The Kier molecular flexibility index (Phi) is 9.98. The first kappa shape index (κ1) is 30.4. The van der Waals surface area contributed by atoms with E-state index in [1.807, 2.05) is 6.92 Å². The fourth-order valence-corrected chi connectivity index (χ4v) is 5.68. The minimum absolute atomic E-state index is 0.0696. The molecule has 0 aliphatic rings. The standard InChI is InChI=1S/C28H30Cl2FN3O4S/c1-18(2)32-28(36)20(4)33(16-21-7-8-22(29)15-26(21)30)27(35)17-34(24-11-5-19(3)6-12-24)39(37,38)25-13-9-23(31)10-14-25/h5-15,18,20H,16-17H2,1-4H3,(H,32,36). The lowest BCUT2D eigenvalue weighted by Gasteiger charge is -2.32. The summed E-state index contributed by atoms with van der Waals surface area (Å²) in [6, 6.07) is 14.6. The molecule has 0 aromatic heterocycles. The number of rotatable bonds is 10. The second kappa shape index (κ2) is 12.8. The molecule has 1 unspecified atom stereocenters. The van der Waals surface area contributed by atoms with Gasteiger partial charge in [0.2, 0.25) is 11.8 Å². The number of aryl methyl sites for hydroxylation is 1. The largest absolute Gasteiger partial charge is 0.352 e. The lowest BCUT2D eigenvalue weighted by Crippen LogP contribution is -2.52. The van der Waals surface area contributed by atoms with E-state index in [1.165, 1.54) is 11.0 Å². The summed E-state index contributed by atoms with van der Waals surface area (Å²) in [5.74, 6) is -1.65. The van der Waals surface area contributed by atoms with Gasteiger partial charge >= 0.3 is 0 Å². The van der Waals surface area contributed by atoms with E-state index in [0.29, 0.717) is 15.6 Å². The molecule has 1 atom stereocenters. The number of carbonyl (C=O) groups excluding carboxylic acids is 2. The molecule has 0 aliphatic heterocycles. The molecule has 0 heterocycles. The van der Waals surface area contributed by atoms with Crippen molar-refractivity contribution in [2.75, 3.05) is 10.8 Å². The number of nitrogens with one attached hydrogen (secondary N) is 1. The van der Waals surface area contributed by atoms with Gasteiger partial charge in [-0.15, -0.1) is 0 Å². The topological polar surface area (TPSA) is 86.8 Å². The Hall–Kier alpha value is -3.14. The van der Waals surface area contributed by atoms with Crippen molar-refractivity contribution in [2.24, 2.45) is 0 Å². The fourth-order valence-electron chi connectivity index (χ4n) is 3.79. The van der Waals surface area contributed by atoms with Crippen molar-refractivity contribution in [1.82, 2.24) is 10.2 Å². The van der Waals surface area contributed by atoms with Gasteiger partial charge in [-0.25, -0.2) is 12.8 Å². The minimum Gasteiger partial charge on any atom is -0.352 e. The Labute approximate surface area is 238 Å². The molecule has 0 radical (unpaired) electrons. The van der Waals surface area contributed by atoms with Gasteiger partial charge < -0.3 is 10.2 Å². The fraction of sp³-hybridized carbons (Fsp3) is 0.286. The van der Waals surface area contributed by atoms with E-state index in [1.54, 1.807) is 57.2 Å². The summed E-state index contributed by atoms with van der Waals surface area (Å²) in [6.45, 7) is 6.31. The molecule has 3 rings (SSSR count). The molecule has 0 saturated carbocycles. The van der Waals surface area contributed by atoms with Crippen LogP contribution in [0.1, 0.15) is 31.9 Å². The highest BCUT2D eigenvalue weighted by molar-refractivity contribution is 7.92. The van der Waals surface area contributed by atoms with Crippen LogP contribution in [-0.4, -0.2) is 43.8 Å². The Morgan fingerprint density at radius 3 is 2.13 bits per heavy atom. The Balaban J connectivity index is 2.04. The van der Waals surface area contributed by atoms with Crippen LogP contribution in [0.15, 0.2) is 71.6 Å². The average molecular weight is 595 g/mol. The van der Waals surface area contributed by atoms with Crippen molar-refractivity contribution >= 4 is 50.7 Å². The Bertz CT molecular complexity index is 1430. The molecule has 2 amide bonds. The van der Waals surface area contributed by atoms with Crippen LogP contribution >= 0.6 is 23.2 Å². The van der Waals surface area contributed by atoms with Crippen LogP contribution in [0.25, 0.3) is 0 Å². The van der Waals surface area contributed by atoms with Crippen molar-refractivity contribution in [1.29, 1.82) is 0 Å². The van der Waals surface area contributed by atoms with Crippen molar-refractivity contribution < 1.29 is 22.4 Å². The number of anilines is 1. The van der Waals surface area contributed by atoms with Gasteiger partial charge in [0, 0.05) is 22.6 Å². The molecular formula is C28H30Cl2FN3O4S. The van der Waals surface area contributed by atoms with E-state index in [-0.39, 0.29) is 23.2 Å². The lowest BCUT2D eigenvalue weighted by molar-refractivity contribution is -0.139. The monoisotopic (exact) mass is 593 g/mol. The van der Waals surface area contributed by atoms with Gasteiger partial charge in [-0.1, -0.05) is 47.0 Å². The normalized spacial score (nSPS) is 12.2. The smallest absolute Gasteiger partial charge is 0.264 e. The lowest BCUT2D eigenvalue weighted by atomic mass is 10.1. The SMILES string of the molecule is Cc1ccc(N(CC(=O)N(Cc2ccc(Cl)cc2Cl)C(C)C(=O)NC(C)C)S(=O)(=O)c2ccc(F)cc2)cc1. The molecule has 0 spiro atoms. The van der Waals surface area contributed by atoms with Gasteiger partial charge in [0.25, 0.3) is 10.0 Å². The summed E-state index contributed by atoms with van der Waals surface area (Å²) in [7, 11) is -4.29. The number of hydrogen-bond acceptors (Lipinski definition) is 4. The van der Waals surface area contributed by atoms with E-state index in [4.69, 9.17) is 23.2 Å². The first-order valence-corrected chi connectivity index (χ1v) is 14.4. The molecule has 39 heavy (non-hydrogen) atoms. The summed E-state index contributed by atoms with van der Waals surface area (Å²) < 4.78 is 41.9. The zero-order valence-corrected chi connectivity index (χ0v) is 24.3. The van der Waals surface area contributed by atoms with Crippen LogP contribution in [0.2, 0.25) is 10.0 Å². The summed E-state index contributed by atoms with van der Waals surface area (Å²) in [5.41, 5.74) is 1.66. The third kappa shape index (κ3) is 7.71. The second-order valence-electron chi connectivity index (χ2n) is 9.40. The molecule has 3 aromatic carbocycles. The minimum atomic E-state index is -4.29. The van der Waals surface area contributed by atoms with Gasteiger partial charge in [-0.05, 0) is 81.8 Å². The zero-order valence-electron chi connectivity index (χ0n) is 22.0. The summed E-state index contributed by atoms with van der Waals surface area (Å²) in [5, 5.41) is 3.49. The first-order valence-electron chi connectivity index (χ1n) is 12.2. The number of carbonyl (C=O) groups is 2. The zero-order chi connectivity index (χ0) is 28.9. The molecule has 208 valence electrons. The highest BCUT2D eigenvalue weighted by atomic mass is 35.5. The van der Waals surface area contributed by atoms with Gasteiger partial charge in [0.05, 0.1) is 10.6 Å². The van der Waals surface area contributed by atoms with E-state index in [9.17, 15) is 22.4 Å². The predicted octanol–water partition coefficient (Wildman–Crippen LogP) is 5.58. The summed E-state index contributed by atoms with van der Waals surface area (Å²) in [6.07, 6.45) is 0. The quantitative estimate of drug-likeness (QED) is 0.332. The van der Waals surface area contributed by atoms with Crippen molar-refractivity contribution in [2.45, 2.75) is 51.2 Å². The highest BCUT2D eigenvalue weighted by Gasteiger charge is 2.33. The van der Waals surface area contributed by atoms with E-state index in [0.717, 1.165) is 34.1 Å². The summed E-state index contributed by atoms with van der Waals surface area (Å²) >= 11 is 12.4. The predicted molar refractivity (Wildman–Crippen MR) is 152 cm³/mol. The number of sulfonamides is 1. The van der Waals surface area contributed by atoms with E-state index in [2.05, 4.69) is 5.32 Å². The molecule has 0 fully saturated rings. The highest BCUT2D eigenvalue weighted by Crippen LogP contribution is 2.27. The van der Waals surface area contributed by atoms with E-state index >= 15 is 0 Å². The van der Waals surface area contributed by atoms with Crippen LogP contribution in [0, 0.1) is 12.7 Å². The molecule has 7 nitrogen and oxygen atoms in total. The summed E-state index contributed by atoms with van der Waals surface area (Å²) in [4.78, 5) is 27.9. The second-order valence-corrected chi connectivity index (χ2v) is 12.1. The number of benzene rings is 3. The molecule has 0 aliphatic carbocycles. The molecule has 0 saturated heterocycles. The molecular weight excluding hydrogens is 564 g/mol. The van der Waals surface area contributed by atoms with Crippen LogP contribution in [0.4, 0.5) is 10.1 Å². The van der Waals surface area contributed by atoms with Crippen LogP contribution in [0.3, 0.4) is 0 Å². The van der Waals surface area contributed by atoms with Gasteiger partial charge in [-0.2, -0.15) is 0 Å². The van der Waals surface area contributed by atoms with Crippen LogP contribution in [-0.2, 0) is 26.2 Å². The van der Waals surface area contributed by atoms with Crippen molar-refractivity contribution in [3.63, 3.8) is 0 Å². The average Bonchev–Trinajstić information content (AvgIpc) is 2.86. The Morgan fingerprint density at radius 2 is 1.56 bits per heavy atom. The van der Waals surface area contributed by atoms with Crippen LogP contribution < -0.4 is 9.62 Å². The number of amides is 2. The van der Waals surface area contributed by atoms with Gasteiger partial charge in [0.15, 0.2) is 0 Å².